The topological polar surface area (TPSA) is 91.7 Å². The Bertz CT molecular complexity index is 1110. The molecule has 4 rings (SSSR count). The summed E-state index contributed by atoms with van der Waals surface area (Å²) in [6.45, 7) is 1.47. The van der Waals surface area contributed by atoms with Crippen LogP contribution in [0.1, 0.15) is 36.0 Å². The van der Waals surface area contributed by atoms with Crippen LogP contribution in [0.15, 0.2) is 41.3 Å². The molecule has 9 heteroatoms. The molecule has 1 aromatic carbocycles. The monoisotopic (exact) mass is 440 g/mol. The quantitative estimate of drug-likeness (QED) is 0.789. The van der Waals surface area contributed by atoms with E-state index in [2.05, 4.69) is 5.32 Å². The standard InChI is InChI=1S/C23H25FN4O4/c1-26-13-16(22(31)27-9-3-2-4-10-27)11-19(23(26)32)25-21(30)15-12-20(29)28(14-15)18-7-5-17(24)6-8-18/h5-8,11,13,15H,2-4,9-10,12,14H2,1H3,(H,25,30). The first-order chi connectivity index (χ1) is 15.3. The largest absolute Gasteiger partial charge is 0.339 e. The molecule has 0 saturated carbocycles. The Morgan fingerprint density at radius 3 is 2.44 bits per heavy atom. The van der Waals surface area contributed by atoms with E-state index in [0.29, 0.717) is 24.3 Å². The lowest BCUT2D eigenvalue weighted by atomic mass is 10.1. The summed E-state index contributed by atoms with van der Waals surface area (Å²) in [7, 11) is 1.53. The first-order valence-electron chi connectivity index (χ1n) is 10.7. The van der Waals surface area contributed by atoms with Crippen LogP contribution in [0.3, 0.4) is 0 Å². The Balaban J connectivity index is 1.50. The Hall–Kier alpha value is -3.49. The van der Waals surface area contributed by atoms with E-state index < -0.39 is 23.2 Å². The average Bonchev–Trinajstić information content (AvgIpc) is 3.19. The molecule has 2 aromatic rings. The van der Waals surface area contributed by atoms with Gasteiger partial charge in [0.1, 0.15) is 11.5 Å². The maximum atomic E-state index is 13.2. The number of anilines is 2. The zero-order valence-corrected chi connectivity index (χ0v) is 17.8. The van der Waals surface area contributed by atoms with Gasteiger partial charge in [-0.1, -0.05) is 0 Å². The van der Waals surface area contributed by atoms with Gasteiger partial charge in [0.25, 0.3) is 11.5 Å². The van der Waals surface area contributed by atoms with Gasteiger partial charge >= 0.3 is 0 Å². The molecule has 2 aliphatic rings. The predicted molar refractivity (Wildman–Crippen MR) is 117 cm³/mol. The van der Waals surface area contributed by atoms with Crippen molar-refractivity contribution in [2.75, 3.05) is 29.9 Å². The summed E-state index contributed by atoms with van der Waals surface area (Å²) in [6.07, 6.45) is 4.44. The van der Waals surface area contributed by atoms with Gasteiger partial charge in [-0.3, -0.25) is 19.2 Å². The van der Waals surface area contributed by atoms with E-state index in [9.17, 15) is 23.6 Å². The van der Waals surface area contributed by atoms with Crippen molar-refractivity contribution in [3.8, 4) is 0 Å². The number of hydrogen-bond acceptors (Lipinski definition) is 4. The average molecular weight is 440 g/mol. The number of likely N-dealkylation sites (tertiary alicyclic amines) is 1. The molecule has 0 radical (unpaired) electrons. The highest BCUT2D eigenvalue weighted by Gasteiger charge is 2.35. The van der Waals surface area contributed by atoms with E-state index >= 15 is 0 Å². The number of pyridine rings is 1. The van der Waals surface area contributed by atoms with Gasteiger partial charge in [0.05, 0.1) is 11.5 Å². The first kappa shape index (κ1) is 21.7. The van der Waals surface area contributed by atoms with Gasteiger partial charge in [0, 0.05) is 45.0 Å². The number of carbonyl (C=O) groups excluding carboxylic acids is 3. The summed E-state index contributed by atoms with van der Waals surface area (Å²) < 4.78 is 14.4. The summed E-state index contributed by atoms with van der Waals surface area (Å²) >= 11 is 0. The SMILES string of the molecule is Cn1cc(C(=O)N2CCCCC2)cc(NC(=O)C2CC(=O)N(c3ccc(F)cc3)C2)c1=O. The molecular weight excluding hydrogens is 415 g/mol. The lowest BCUT2D eigenvalue weighted by Crippen LogP contribution is -2.37. The van der Waals surface area contributed by atoms with E-state index in [4.69, 9.17) is 0 Å². The van der Waals surface area contributed by atoms with Crippen LogP contribution in [0.5, 0.6) is 0 Å². The van der Waals surface area contributed by atoms with Gasteiger partial charge in [0.15, 0.2) is 0 Å². The molecule has 1 aromatic heterocycles. The Morgan fingerprint density at radius 2 is 1.75 bits per heavy atom. The third-order valence-corrected chi connectivity index (χ3v) is 5.97. The van der Waals surface area contributed by atoms with Crippen LogP contribution in [0.2, 0.25) is 0 Å². The number of halogens is 1. The molecule has 2 fully saturated rings. The van der Waals surface area contributed by atoms with Gasteiger partial charge in [0.2, 0.25) is 11.8 Å². The third kappa shape index (κ3) is 4.42. The minimum absolute atomic E-state index is 0.00745. The number of nitrogens with zero attached hydrogens (tertiary/aromatic N) is 3. The van der Waals surface area contributed by atoms with Crippen molar-refractivity contribution >= 4 is 29.1 Å². The number of aromatic nitrogens is 1. The molecule has 0 aliphatic carbocycles. The maximum Gasteiger partial charge on any atom is 0.274 e. The van der Waals surface area contributed by atoms with Crippen LogP contribution in [-0.4, -0.2) is 46.8 Å². The summed E-state index contributed by atoms with van der Waals surface area (Å²) in [5.41, 5.74) is 0.415. The Morgan fingerprint density at radius 1 is 1.06 bits per heavy atom. The molecule has 1 N–H and O–H groups in total. The zero-order chi connectivity index (χ0) is 22.8. The van der Waals surface area contributed by atoms with Crippen LogP contribution in [0, 0.1) is 11.7 Å². The van der Waals surface area contributed by atoms with Gasteiger partial charge in [-0.2, -0.15) is 0 Å². The van der Waals surface area contributed by atoms with Crippen LogP contribution in [-0.2, 0) is 16.6 Å². The molecule has 1 unspecified atom stereocenters. The normalized spacial score (nSPS) is 18.7. The van der Waals surface area contributed by atoms with Crippen LogP contribution >= 0.6 is 0 Å². The van der Waals surface area contributed by atoms with Crippen molar-refractivity contribution in [2.24, 2.45) is 13.0 Å². The molecule has 3 heterocycles. The number of carbonyl (C=O) groups is 3. The fourth-order valence-corrected chi connectivity index (χ4v) is 4.19. The van der Waals surface area contributed by atoms with Gasteiger partial charge < -0.3 is 19.7 Å². The number of benzene rings is 1. The van der Waals surface area contributed by atoms with Gasteiger partial charge in [-0.15, -0.1) is 0 Å². The van der Waals surface area contributed by atoms with E-state index in [0.717, 1.165) is 19.3 Å². The van der Waals surface area contributed by atoms with Crippen LogP contribution in [0.4, 0.5) is 15.8 Å². The third-order valence-electron chi connectivity index (χ3n) is 5.97. The summed E-state index contributed by atoms with van der Waals surface area (Å²) in [6, 6.07) is 6.89. The lowest BCUT2D eigenvalue weighted by Gasteiger charge is -2.27. The van der Waals surface area contributed by atoms with Crippen LogP contribution < -0.4 is 15.8 Å². The first-order valence-corrected chi connectivity index (χ1v) is 10.7. The fourth-order valence-electron chi connectivity index (χ4n) is 4.19. The molecule has 8 nitrogen and oxygen atoms in total. The maximum absolute atomic E-state index is 13.2. The molecule has 32 heavy (non-hydrogen) atoms. The fraction of sp³-hybridized carbons (Fsp3) is 0.391. The molecule has 2 saturated heterocycles. The summed E-state index contributed by atoms with van der Waals surface area (Å²) in [4.78, 5) is 53.8. The minimum atomic E-state index is -0.668. The molecule has 0 spiro atoms. The Labute approximate surface area is 184 Å². The molecule has 0 bridgehead atoms. The number of aryl methyl sites for hydroxylation is 1. The van der Waals surface area contributed by atoms with E-state index in [-0.39, 0.29) is 30.5 Å². The second kappa shape index (κ2) is 8.94. The second-order valence-corrected chi connectivity index (χ2v) is 8.28. The smallest absolute Gasteiger partial charge is 0.274 e. The lowest BCUT2D eigenvalue weighted by molar-refractivity contribution is -0.122. The highest BCUT2D eigenvalue weighted by molar-refractivity contribution is 6.04. The van der Waals surface area contributed by atoms with Crippen LogP contribution in [0.25, 0.3) is 0 Å². The number of amides is 3. The highest BCUT2D eigenvalue weighted by atomic mass is 19.1. The predicted octanol–water partition coefficient (Wildman–Crippen LogP) is 2.14. The van der Waals surface area contributed by atoms with Gasteiger partial charge in [-0.25, -0.2) is 4.39 Å². The molecule has 168 valence electrons. The highest BCUT2D eigenvalue weighted by Crippen LogP contribution is 2.26. The minimum Gasteiger partial charge on any atom is -0.339 e. The van der Waals surface area contributed by atoms with Crippen molar-refractivity contribution in [2.45, 2.75) is 25.7 Å². The van der Waals surface area contributed by atoms with Crippen molar-refractivity contribution in [3.63, 3.8) is 0 Å². The summed E-state index contributed by atoms with van der Waals surface area (Å²) in [5.74, 6) is -1.97. The van der Waals surface area contributed by atoms with Crippen molar-refractivity contribution in [3.05, 3.63) is 58.3 Å². The number of nitrogens with one attached hydrogen (secondary N) is 1. The number of rotatable bonds is 4. The number of hydrogen-bond donors (Lipinski definition) is 1. The molecular formula is C23H25FN4O4. The zero-order valence-electron chi connectivity index (χ0n) is 17.8. The van der Waals surface area contributed by atoms with Crippen molar-refractivity contribution in [1.29, 1.82) is 0 Å². The van der Waals surface area contributed by atoms with E-state index in [1.807, 2.05) is 0 Å². The number of piperidine rings is 1. The molecule has 3 amide bonds. The van der Waals surface area contributed by atoms with E-state index in [1.165, 1.54) is 53.0 Å². The Kier molecular flexibility index (Phi) is 6.07. The van der Waals surface area contributed by atoms with Crippen molar-refractivity contribution in [1.82, 2.24) is 9.47 Å². The molecule has 1 atom stereocenters. The van der Waals surface area contributed by atoms with Gasteiger partial charge in [-0.05, 0) is 49.6 Å². The molecule has 2 aliphatic heterocycles. The van der Waals surface area contributed by atoms with Crippen molar-refractivity contribution < 1.29 is 18.8 Å². The van der Waals surface area contributed by atoms with E-state index in [1.54, 1.807) is 4.90 Å². The summed E-state index contributed by atoms with van der Waals surface area (Å²) in [5, 5.41) is 2.61. The second-order valence-electron chi connectivity index (χ2n) is 8.28.